The van der Waals surface area contributed by atoms with E-state index in [4.69, 9.17) is 4.42 Å². The number of carbonyl (C=O) groups excluding carboxylic acids is 2. The Labute approximate surface area is 175 Å². The van der Waals surface area contributed by atoms with Crippen LogP contribution in [0, 0.1) is 5.82 Å². The van der Waals surface area contributed by atoms with Crippen LogP contribution in [-0.2, 0) is 11.3 Å². The minimum absolute atomic E-state index is 0.0295. The van der Waals surface area contributed by atoms with Gasteiger partial charge in [-0.05, 0) is 42.5 Å². The zero-order chi connectivity index (χ0) is 20.8. The van der Waals surface area contributed by atoms with Crippen molar-refractivity contribution in [1.82, 2.24) is 10.6 Å². The van der Waals surface area contributed by atoms with Gasteiger partial charge in [0.25, 0.3) is 5.91 Å². The summed E-state index contributed by atoms with van der Waals surface area (Å²) in [6.07, 6.45) is 0. The van der Waals surface area contributed by atoms with Crippen molar-refractivity contribution in [3.05, 3.63) is 76.2 Å². The number of rotatable bonds is 7. The molecule has 1 aromatic heterocycles. The second kappa shape index (κ2) is 9.49. The molecule has 3 aromatic rings. The van der Waals surface area contributed by atoms with Gasteiger partial charge in [0, 0.05) is 17.1 Å². The minimum Gasteiger partial charge on any atom is -0.460 e. The lowest BCUT2D eigenvalue weighted by atomic mass is 10.1. The van der Waals surface area contributed by atoms with E-state index in [-0.39, 0.29) is 24.2 Å². The third-order valence-corrected chi connectivity index (χ3v) is 4.80. The van der Waals surface area contributed by atoms with E-state index in [2.05, 4.69) is 31.9 Å². The number of benzene rings is 2. The Morgan fingerprint density at radius 2 is 1.90 bits per heavy atom. The second-order valence-corrected chi connectivity index (χ2v) is 7.02. The molecule has 0 fully saturated rings. The Hall–Kier alpha value is -2.97. The fourth-order valence-electron chi connectivity index (χ4n) is 2.72. The topological polar surface area (TPSA) is 83.4 Å². The van der Waals surface area contributed by atoms with Gasteiger partial charge in [-0.15, -0.1) is 0 Å². The molecule has 29 heavy (non-hydrogen) atoms. The largest absolute Gasteiger partial charge is 0.460 e. The van der Waals surface area contributed by atoms with E-state index < -0.39 is 0 Å². The molecule has 8 heteroatoms. The van der Waals surface area contributed by atoms with Crippen molar-refractivity contribution in [3.63, 3.8) is 0 Å². The first-order valence-electron chi connectivity index (χ1n) is 8.83. The van der Waals surface area contributed by atoms with Crippen LogP contribution >= 0.6 is 15.9 Å². The summed E-state index contributed by atoms with van der Waals surface area (Å²) in [5.41, 5.74) is 1.44. The standard InChI is InChI=1S/C21H19BrFN3O3/c1-24-21(28)15-4-2-3-5-18(15)26-20(27)12-25-11-14-7-9-19(29-14)16-10-13(23)6-8-17(16)22/h2-10,25H,11-12H2,1H3,(H,24,28)(H,26,27). The molecule has 6 nitrogen and oxygen atoms in total. The van der Waals surface area contributed by atoms with Gasteiger partial charge in [-0.1, -0.05) is 28.1 Å². The molecule has 0 aliphatic carbocycles. The maximum Gasteiger partial charge on any atom is 0.253 e. The maximum absolute atomic E-state index is 13.5. The number of nitrogens with one attached hydrogen (secondary N) is 3. The Balaban J connectivity index is 1.56. The summed E-state index contributed by atoms with van der Waals surface area (Å²) in [5.74, 6) is 0.210. The van der Waals surface area contributed by atoms with Gasteiger partial charge in [-0.3, -0.25) is 9.59 Å². The summed E-state index contributed by atoms with van der Waals surface area (Å²) in [5, 5.41) is 8.24. The fraction of sp³-hybridized carbons (Fsp3) is 0.143. The summed E-state index contributed by atoms with van der Waals surface area (Å²) in [6.45, 7) is 0.346. The van der Waals surface area contributed by atoms with Gasteiger partial charge in [0.15, 0.2) is 0 Å². The normalized spacial score (nSPS) is 10.6. The molecule has 2 amide bonds. The number of carbonyl (C=O) groups is 2. The van der Waals surface area contributed by atoms with Gasteiger partial charge in [0.1, 0.15) is 17.3 Å². The molecule has 3 rings (SSSR count). The molecule has 0 saturated heterocycles. The summed E-state index contributed by atoms with van der Waals surface area (Å²) in [4.78, 5) is 24.1. The van der Waals surface area contributed by atoms with E-state index in [0.717, 1.165) is 4.47 Å². The van der Waals surface area contributed by atoms with Crippen LogP contribution in [0.1, 0.15) is 16.1 Å². The number of anilines is 1. The van der Waals surface area contributed by atoms with Crippen LogP contribution in [0.3, 0.4) is 0 Å². The molecule has 0 saturated carbocycles. The Kier molecular flexibility index (Phi) is 6.79. The Morgan fingerprint density at radius 1 is 1.10 bits per heavy atom. The number of hydrogen-bond donors (Lipinski definition) is 3. The van der Waals surface area contributed by atoms with E-state index >= 15 is 0 Å². The van der Waals surface area contributed by atoms with Gasteiger partial charge < -0.3 is 20.4 Å². The molecule has 0 unspecified atom stereocenters. The number of amides is 2. The van der Waals surface area contributed by atoms with Gasteiger partial charge in [0.05, 0.1) is 24.3 Å². The average Bonchev–Trinajstić information content (AvgIpc) is 3.18. The maximum atomic E-state index is 13.5. The first kappa shape index (κ1) is 20.8. The molecule has 0 radical (unpaired) electrons. The summed E-state index contributed by atoms with van der Waals surface area (Å²) >= 11 is 3.38. The van der Waals surface area contributed by atoms with Crippen molar-refractivity contribution in [3.8, 4) is 11.3 Å². The van der Waals surface area contributed by atoms with Crippen LogP contribution in [-0.4, -0.2) is 25.4 Å². The van der Waals surface area contributed by atoms with Crippen molar-refractivity contribution in [2.75, 3.05) is 18.9 Å². The van der Waals surface area contributed by atoms with Crippen molar-refractivity contribution in [1.29, 1.82) is 0 Å². The van der Waals surface area contributed by atoms with Crippen molar-refractivity contribution >= 4 is 33.4 Å². The molecule has 1 heterocycles. The molecular formula is C21H19BrFN3O3. The smallest absolute Gasteiger partial charge is 0.253 e. The molecule has 3 N–H and O–H groups in total. The van der Waals surface area contributed by atoms with E-state index in [1.165, 1.54) is 19.2 Å². The SMILES string of the molecule is CNC(=O)c1ccccc1NC(=O)CNCc1ccc(-c2cc(F)ccc2Br)o1. The van der Waals surface area contributed by atoms with Crippen molar-refractivity contribution < 1.29 is 18.4 Å². The lowest BCUT2D eigenvalue weighted by Crippen LogP contribution is -2.29. The van der Waals surface area contributed by atoms with E-state index in [1.807, 2.05) is 0 Å². The van der Waals surface area contributed by atoms with Crippen molar-refractivity contribution in [2.45, 2.75) is 6.54 Å². The van der Waals surface area contributed by atoms with Crippen LogP contribution in [0.15, 0.2) is 63.5 Å². The molecule has 0 aliphatic heterocycles. The molecular weight excluding hydrogens is 441 g/mol. The number of halogens is 2. The van der Waals surface area contributed by atoms with Gasteiger partial charge in [-0.2, -0.15) is 0 Å². The molecule has 150 valence electrons. The van der Waals surface area contributed by atoms with E-state index in [9.17, 15) is 14.0 Å². The third-order valence-electron chi connectivity index (χ3n) is 4.11. The highest BCUT2D eigenvalue weighted by Gasteiger charge is 2.12. The average molecular weight is 460 g/mol. The zero-order valence-corrected chi connectivity index (χ0v) is 17.2. The van der Waals surface area contributed by atoms with Crippen LogP contribution < -0.4 is 16.0 Å². The quantitative estimate of drug-likeness (QED) is 0.499. The summed E-state index contributed by atoms with van der Waals surface area (Å²) < 4.78 is 19.9. The van der Waals surface area contributed by atoms with Gasteiger partial charge in [-0.25, -0.2) is 4.39 Å². The van der Waals surface area contributed by atoms with E-state index in [1.54, 1.807) is 42.5 Å². The molecule has 0 bridgehead atoms. The van der Waals surface area contributed by atoms with Crippen LogP contribution in [0.4, 0.5) is 10.1 Å². The predicted molar refractivity (Wildman–Crippen MR) is 112 cm³/mol. The predicted octanol–water partition coefficient (Wildman–Crippen LogP) is 3.94. The third kappa shape index (κ3) is 5.30. The highest BCUT2D eigenvalue weighted by atomic mass is 79.9. The molecule has 2 aromatic carbocycles. The zero-order valence-electron chi connectivity index (χ0n) is 15.6. The highest BCUT2D eigenvalue weighted by molar-refractivity contribution is 9.10. The number of hydrogen-bond acceptors (Lipinski definition) is 4. The summed E-state index contributed by atoms with van der Waals surface area (Å²) in [6, 6.07) is 14.6. The van der Waals surface area contributed by atoms with E-state index in [0.29, 0.717) is 34.9 Å². The fourth-order valence-corrected chi connectivity index (χ4v) is 3.16. The Bertz CT molecular complexity index is 1040. The van der Waals surface area contributed by atoms with Gasteiger partial charge >= 0.3 is 0 Å². The molecule has 0 spiro atoms. The lowest BCUT2D eigenvalue weighted by molar-refractivity contribution is -0.115. The van der Waals surface area contributed by atoms with Crippen LogP contribution in [0.5, 0.6) is 0 Å². The summed E-state index contributed by atoms with van der Waals surface area (Å²) in [7, 11) is 1.53. The number of para-hydroxylation sites is 1. The van der Waals surface area contributed by atoms with Crippen molar-refractivity contribution in [2.24, 2.45) is 0 Å². The lowest BCUT2D eigenvalue weighted by Gasteiger charge is -2.10. The molecule has 0 aliphatic rings. The first-order valence-corrected chi connectivity index (χ1v) is 9.63. The number of furan rings is 1. The molecule has 0 atom stereocenters. The van der Waals surface area contributed by atoms with Crippen LogP contribution in [0.2, 0.25) is 0 Å². The highest BCUT2D eigenvalue weighted by Crippen LogP contribution is 2.30. The minimum atomic E-state index is -0.354. The first-order chi connectivity index (χ1) is 14.0. The van der Waals surface area contributed by atoms with Gasteiger partial charge in [0.2, 0.25) is 5.91 Å². The monoisotopic (exact) mass is 459 g/mol. The van der Waals surface area contributed by atoms with Crippen LogP contribution in [0.25, 0.3) is 11.3 Å². The second-order valence-electron chi connectivity index (χ2n) is 6.17. The Morgan fingerprint density at radius 3 is 2.69 bits per heavy atom.